The van der Waals surface area contributed by atoms with Crippen molar-refractivity contribution >= 4 is 5.97 Å². The van der Waals surface area contributed by atoms with Crippen molar-refractivity contribution in [3.63, 3.8) is 0 Å². The number of hydrogen-bond acceptors (Lipinski definition) is 3. The molecule has 0 radical (unpaired) electrons. The Morgan fingerprint density at radius 1 is 1.50 bits per heavy atom. The number of rotatable bonds is 3. The monoisotopic (exact) mass is 249 g/mol. The third-order valence-electron chi connectivity index (χ3n) is 2.77. The first-order valence-corrected chi connectivity index (χ1v) is 5.49. The fourth-order valence-electron chi connectivity index (χ4n) is 1.80. The maximum atomic E-state index is 13.5. The van der Waals surface area contributed by atoms with Gasteiger partial charge >= 0.3 is 5.97 Å². The van der Waals surface area contributed by atoms with Crippen LogP contribution in [0.1, 0.15) is 28.7 Å². The van der Waals surface area contributed by atoms with Gasteiger partial charge in [0.1, 0.15) is 5.82 Å². The number of carbonyl (C=O) groups is 1. The summed E-state index contributed by atoms with van der Waals surface area (Å²) in [4.78, 5) is 11.0. The largest absolute Gasteiger partial charge is 0.476 e. The highest BCUT2D eigenvalue weighted by atomic mass is 19.1. The molecule has 0 spiro atoms. The molecule has 1 N–H and O–H groups in total. The van der Waals surface area contributed by atoms with Crippen molar-refractivity contribution < 1.29 is 14.3 Å². The first-order valence-electron chi connectivity index (χ1n) is 5.49. The van der Waals surface area contributed by atoms with Crippen LogP contribution in [0.25, 0.3) is 5.69 Å². The summed E-state index contributed by atoms with van der Waals surface area (Å²) in [6.07, 6.45) is 0.449. The molecule has 0 unspecified atom stereocenters. The van der Waals surface area contributed by atoms with Gasteiger partial charge in [0.25, 0.3) is 0 Å². The lowest BCUT2D eigenvalue weighted by atomic mass is 10.1. The molecule has 0 atom stereocenters. The van der Waals surface area contributed by atoms with Gasteiger partial charge in [0.2, 0.25) is 0 Å². The van der Waals surface area contributed by atoms with Crippen molar-refractivity contribution in [2.24, 2.45) is 0 Å². The van der Waals surface area contributed by atoms with E-state index in [4.69, 9.17) is 5.11 Å². The number of aromatic nitrogens is 3. The van der Waals surface area contributed by atoms with E-state index in [1.807, 2.05) is 0 Å². The van der Waals surface area contributed by atoms with Crippen LogP contribution < -0.4 is 0 Å². The van der Waals surface area contributed by atoms with E-state index < -0.39 is 5.97 Å². The molecule has 0 aliphatic rings. The smallest absolute Gasteiger partial charge is 0.358 e. The van der Waals surface area contributed by atoms with Gasteiger partial charge in [-0.1, -0.05) is 18.2 Å². The van der Waals surface area contributed by atoms with Gasteiger partial charge < -0.3 is 5.11 Å². The van der Waals surface area contributed by atoms with Gasteiger partial charge in [0.15, 0.2) is 5.69 Å². The fourth-order valence-corrected chi connectivity index (χ4v) is 1.80. The topological polar surface area (TPSA) is 68.0 Å². The van der Waals surface area contributed by atoms with Gasteiger partial charge in [-0.15, -0.1) is 5.10 Å². The molecule has 2 aromatic rings. The van der Waals surface area contributed by atoms with Crippen molar-refractivity contribution in [3.8, 4) is 5.69 Å². The zero-order valence-corrected chi connectivity index (χ0v) is 10.0. The lowest BCUT2D eigenvalue weighted by Gasteiger charge is -2.08. The minimum atomic E-state index is -1.13. The zero-order valence-electron chi connectivity index (χ0n) is 10.0. The molecule has 0 saturated heterocycles. The van der Waals surface area contributed by atoms with Crippen molar-refractivity contribution in [2.45, 2.75) is 20.3 Å². The molecule has 1 heterocycles. The van der Waals surface area contributed by atoms with E-state index in [0.29, 0.717) is 23.4 Å². The molecule has 2 rings (SSSR count). The molecule has 1 aromatic carbocycles. The quantitative estimate of drug-likeness (QED) is 0.903. The molecule has 1 aromatic heterocycles. The van der Waals surface area contributed by atoms with Gasteiger partial charge in [0.05, 0.1) is 11.4 Å². The zero-order chi connectivity index (χ0) is 13.3. The Hall–Kier alpha value is -2.24. The number of benzene rings is 1. The summed E-state index contributed by atoms with van der Waals surface area (Å²) in [6.45, 7) is 3.42. The summed E-state index contributed by atoms with van der Waals surface area (Å²) in [7, 11) is 0. The van der Waals surface area contributed by atoms with E-state index in [2.05, 4.69) is 10.3 Å². The summed E-state index contributed by atoms with van der Waals surface area (Å²) in [6, 6.07) is 4.58. The number of aromatic carboxylic acids is 1. The highest BCUT2D eigenvalue weighted by molar-refractivity contribution is 5.86. The van der Waals surface area contributed by atoms with Crippen molar-refractivity contribution in [1.82, 2.24) is 15.0 Å². The normalized spacial score (nSPS) is 10.6. The maximum absolute atomic E-state index is 13.5. The summed E-state index contributed by atoms with van der Waals surface area (Å²) in [5, 5.41) is 16.4. The Kier molecular flexibility index (Phi) is 3.10. The van der Waals surface area contributed by atoms with Gasteiger partial charge in [-0.3, -0.25) is 0 Å². The van der Waals surface area contributed by atoms with Crippen LogP contribution in [0.2, 0.25) is 0 Å². The second kappa shape index (κ2) is 4.56. The fraction of sp³-hybridized carbons (Fsp3) is 0.250. The Labute approximate surface area is 103 Å². The Bertz CT molecular complexity index is 607. The van der Waals surface area contributed by atoms with E-state index in [1.54, 1.807) is 26.0 Å². The SMILES string of the molecule is CCc1c(C(=O)O)nnn1-c1cccc(F)c1C. The molecule has 0 fully saturated rings. The van der Waals surface area contributed by atoms with Crippen LogP contribution in [-0.4, -0.2) is 26.1 Å². The van der Waals surface area contributed by atoms with Crippen LogP contribution in [-0.2, 0) is 6.42 Å². The first-order chi connectivity index (χ1) is 8.56. The minimum Gasteiger partial charge on any atom is -0.476 e. The molecule has 0 amide bonds. The van der Waals surface area contributed by atoms with E-state index in [9.17, 15) is 9.18 Å². The predicted molar refractivity (Wildman–Crippen MR) is 62.4 cm³/mol. The number of carboxylic acid groups (broad SMARTS) is 1. The summed E-state index contributed by atoms with van der Waals surface area (Å²) in [5.41, 5.74) is 1.28. The van der Waals surface area contributed by atoms with Gasteiger partial charge in [-0.05, 0) is 25.5 Å². The second-order valence-electron chi connectivity index (χ2n) is 3.84. The predicted octanol–water partition coefficient (Wildman–Crippen LogP) is 1.98. The van der Waals surface area contributed by atoms with Crippen LogP contribution in [0.5, 0.6) is 0 Å². The number of carboxylic acids is 1. The van der Waals surface area contributed by atoms with Gasteiger partial charge in [-0.25, -0.2) is 13.9 Å². The lowest BCUT2D eigenvalue weighted by molar-refractivity contribution is 0.0689. The number of halogens is 1. The van der Waals surface area contributed by atoms with Crippen molar-refractivity contribution in [1.29, 1.82) is 0 Å². The highest BCUT2D eigenvalue weighted by Gasteiger charge is 2.19. The third-order valence-corrected chi connectivity index (χ3v) is 2.77. The Morgan fingerprint density at radius 2 is 2.22 bits per heavy atom. The standard InChI is InChI=1S/C12H12FN3O2/c1-3-9-11(12(17)18)14-15-16(9)10-6-4-5-8(13)7(10)2/h4-6H,3H2,1-2H3,(H,17,18). The molecule has 18 heavy (non-hydrogen) atoms. The summed E-state index contributed by atoms with van der Waals surface area (Å²) < 4.78 is 14.9. The van der Waals surface area contributed by atoms with Crippen LogP contribution in [0.3, 0.4) is 0 Å². The molecule has 0 aliphatic carbocycles. The highest BCUT2D eigenvalue weighted by Crippen LogP contribution is 2.19. The molecule has 0 aliphatic heterocycles. The maximum Gasteiger partial charge on any atom is 0.358 e. The molecule has 94 valence electrons. The lowest BCUT2D eigenvalue weighted by Crippen LogP contribution is -2.07. The van der Waals surface area contributed by atoms with Crippen molar-refractivity contribution in [2.75, 3.05) is 0 Å². The van der Waals surface area contributed by atoms with Crippen molar-refractivity contribution in [3.05, 3.63) is 41.0 Å². The van der Waals surface area contributed by atoms with E-state index in [1.165, 1.54) is 10.7 Å². The van der Waals surface area contributed by atoms with Gasteiger partial charge in [-0.2, -0.15) is 0 Å². The van der Waals surface area contributed by atoms with E-state index in [0.717, 1.165) is 0 Å². The Balaban J connectivity index is 2.65. The molecule has 5 nitrogen and oxygen atoms in total. The summed E-state index contributed by atoms with van der Waals surface area (Å²) in [5.74, 6) is -1.49. The molecule has 6 heteroatoms. The average molecular weight is 249 g/mol. The van der Waals surface area contributed by atoms with Crippen LogP contribution in [0, 0.1) is 12.7 Å². The average Bonchev–Trinajstić information content (AvgIpc) is 2.76. The third kappa shape index (κ3) is 1.85. The van der Waals surface area contributed by atoms with Crippen LogP contribution in [0.4, 0.5) is 4.39 Å². The van der Waals surface area contributed by atoms with Gasteiger partial charge in [0, 0.05) is 5.56 Å². The molecule has 0 bridgehead atoms. The second-order valence-corrected chi connectivity index (χ2v) is 3.84. The number of nitrogens with zero attached hydrogens (tertiary/aromatic N) is 3. The summed E-state index contributed by atoms with van der Waals surface area (Å²) >= 11 is 0. The number of hydrogen-bond donors (Lipinski definition) is 1. The molecular formula is C12H12FN3O2. The minimum absolute atomic E-state index is 0.0961. The van der Waals surface area contributed by atoms with Crippen LogP contribution in [0.15, 0.2) is 18.2 Å². The molecule has 0 saturated carbocycles. The molecular weight excluding hydrogens is 237 g/mol. The Morgan fingerprint density at radius 3 is 2.83 bits per heavy atom. The first kappa shape index (κ1) is 12.2. The van der Waals surface area contributed by atoms with E-state index >= 15 is 0 Å². The van der Waals surface area contributed by atoms with E-state index in [-0.39, 0.29) is 11.5 Å². The van der Waals surface area contributed by atoms with Crippen LogP contribution >= 0.6 is 0 Å².